The van der Waals surface area contributed by atoms with E-state index in [2.05, 4.69) is 24.3 Å². The highest BCUT2D eigenvalue weighted by Crippen LogP contribution is 2.49. The SMILES string of the molecule is CC(C)=CCC/C(C)=C/CC[C@@]1(C)Oc2c(c(O)cc3c2CN(CCC[C@@H](OC=O)N2Cc4c(cc(O)c5c4O[C@](C)(CC/C=C(\C)CCC=C(C)C)[C@@H](OC(=O)CCC(=O)O)C5)C2=O)C3=O)C[C@@H]1OC(=O)CCC(=O)O. The Balaban J connectivity index is 1.18. The highest BCUT2D eigenvalue weighted by molar-refractivity contribution is 6.01. The van der Waals surface area contributed by atoms with Gasteiger partial charge in [0, 0.05) is 48.1 Å². The Kier molecular flexibility index (Phi) is 19.8. The zero-order valence-corrected chi connectivity index (χ0v) is 45.8. The van der Waals surface area contributed by atoms with E-state index >= 15 is 0 Å². The molecule has 77 heavy (non-hydrogen) atoms. The molecule has 18 heteroatoms. The van der Waals surface area contributed by atoms with Gasteiger partial charge in [0.15, 0.2) is 6.23 Å². The van der Waals surface area contributed by atoms with Crippen LogP contribution in [0.4, 0.5) is 0 Å². The molecule has 418 valence electrons. The van der Waals surface area contributed by atoms with Gasteiger partial charge in [0.05, 0.1) is 49.9 Å². The first-order valence-corrected chi connectivity index (χ1v) is 26.7. The summed E-state index contributed by atoms with van der Waals surface area (Å²) in [5.74, 6) is -4.55. The number of hydrogen-bond donors (Lipinski definition) is 4. The minimum Gasteiger partial charge on any atom is -0.508 e. The summed E-state index contributed by atoms with van der Waals surface area (Å²) in [4.78, 5) is 91.8. The number of carboxylic acid groups (broad SMARTS) is 2. The van der Waals surface area contributed by atoms with Crippen LogP contribution in [0.3, 0.4) is 0 Å². The number of benzene rings is 2. The van der Waals surface area contributed by atoms with Gasteiger partial charge in [-0.15, -0.1) is 0 Å². The lowest BCUT2D eigenvalue weighted by Gasteiger charge is -2.42. The third kappa shape index (κ3) is 14.9. The number of phenols is 2. The van der Waals surface area contributed by atoms with Crippen LogP contribution in [0.15, 0.2) is 58.7 Å². The standard InChI is InChI=1S/C59H76N2O16/c1-35(2)14-9-16-37(5)18-11-25-58(7)47(74-52(69)23-21-50(65)66)30-41-45(63)28-39-43(54(41)76-58)32-60(56(39)71)27-13-20-49(73-34-62)61-33-44-40(57(61)72)29-46(64)42-31-48(75-53(70)24-22-51(67)68)59(8,77-55(42)44)26-12-19-38(6)17-10-15-36(3)4/h14-15,18-19,28-29,34,47-49,63-64H,9-13,16-17,20-27,30-33H2,1-8H3,(H,65,66)(H,67,68)/b37-18+,38-19+/t47-,48-,49+,58+,59+/m0/s1. The second-order valence-electron chi connectivity index (χ2n) is 21.7. The lowest BCUT2D eigenvalue weighted by atomic mass is 9.83. The quantitative estimate of drug-likeness (QED) is 0.0281. The molecule has 0 saturated heterocycles. The molecule has 4 heterocycles. The van der Waals surface area contributed by atoms with Crippen molar-refractivity contribution in [2.45, 2.75) is 201 Å². The van der Waals surface area contributed by atoms with Crippen molar-refractivity contribution in [1.82, 2.24) is 9.80 Å². The molecule has 4 N–H and O–H groups in total. The normalized spacial score (nSPS) is 20.9. The van der Waals surface area contributed by atoms with Gasteiger partial charge in [-0.1, -0.05) is 46.6 Å². The Bertz CT molecular complexity index is 2730. The van der Waals surface area contributed by atoms with Gasteiger partial charge < -0.3 is 49.0 Å². The average Bonchev–Trinajstić information content (AvgIpc) is 3.85. The molecule has 0 radical (unpaired) electrons. The number of fused-ring (bicyclic) bond motifs is 6. The number of esters is 2. The first-order chi connectivity index (χ1) is 36.4. The fourth-order valence-corrected chi connectivity index (χ4v) is 10.5. The second-order valence-corrected chi connectivity index (χ2v) is 21.7. The van der Waals surface area contributed by atoms with Gasteiger partial charge in [0.25, 0.3) is 18.3 Å². The van der Waals surface area contributed by atoms with Gasteiger partial charge in [0.1, 0.15) is 46.4 Å². The number of carbonyl (C=O) groups is 7. The number of aromatic hydroxyl groups is 2. The Hall–Kier alpha value is -7.11. The van der Waals surface area contributed by atoms with E-state index in [1.807, 2.05) is 48.5 Å². The lowest BCUT2D eigenvalue weighted by Crippen LogP contribution is -2.51. The van der Waals surface area contributed by atoms with Crippen molar-refractivity contribution < 1.29 is 77.7 Å². The zero-order valence-electron chi connectivity index (χ0n) is 45.8. The molecule has 2 amide bonds. The summed E-state index contributed by atoms with van der Waals surface area (Å²) in [6, 6.07) is 2.70. The Labute approximate surface area is 450 Å². The second kappa shape index (κ2) is 25.8. The summed E-state index contributed by atoms with van der Waals surface area (Å²) < 4.78 is 30.8. The Morgan fingerprint density at radius 2 is 1.10 bits per heavy atom. The van der Waals surface area contributed by atoms with Crippen molar-refractivity contribution in [3.63, 3.8) is 0 Å². The van der Waals surface area contributed by atoms with Gasteiger partial charge in [-0.2, -0.15) is 0 Å². The van der Waals surface area contributed by atoms with Crippen LogP contribution in [0.5, 0.6) is 23.0 Å². The largest absolute Gasteiger partial charge is 0.508 e. The highest BCUT2D eigenvalue weighted by Gasteiger charge is 2.49. The van der Waals surface area contributed by atoms with E-state index in [-0.39, 0.29) is 98.9 Å². The molecule has 0 aliphatic carbocycles. The van der Waals surface area contributed by atoms with Crippen LogP contribution in [0.25, 0.3) is 0 Å². The van der Waals surface area contributed by atoms with Crippen molar-refractivity contribution in [2.75, 3.05) is 6.54 Å². The fourth-order valence-electron chi connectivity index (χ4n) is 10.5. The molecule has 6 rings (SSSR count). The van der Waals surface area contributed by atoms with E-state index in [9.17, 15) is 54.0 Å². The molecule has 0 saturated carbocycles. The predicted octanol–water partition coefficient (Wildman–Crippen LogP) is 9.88. The third-order valence-electron chi connectivity index (χ3n) is 14.9. The molecular formula is C59H76N2O16. The van der Waals surface area contributed by atoms with Crippen LogP contribution in [0.1, 0.15) is 188 Å². The maximum absolute atomic E-state index is 14.2. The van der Waals surface area contributed by atoms with Gasteiger partial charge >= 0.3 is 23.9 Å². The lowest BCUT2D eigenvalue weighted by molar-refractivity contribution is -0.165. The molecule has 0 bridgehead atoms. The Morgan fingerprint density at radius 1 is 0.649 bits per heavy atom. The van der Waals surface area contributed by atoms with Crippen molar-refractivity contribution in [2.24, 2.45) is 0 Å². The summed E-state index contributed by atoms with van der Waals surface area (Å²) >= 11 is 0. The number of rotatable bonds is 27. The van der Waals surface area contributed by atoms with E-state index in [0.29, 0.717) is 53.7 Å². The molecular weight excluding hydrogens is 993 g/mol. The number of amides is 2. The molecule has 4 aliphatic rings. The van der Waals surface area contributed by atoms with Crippen molar-refractivity contribution in [3.8, 4) is 23.0 Å². The van der Waals surface area contributed by atoms with Crippen LogP contribution in [-0.4, -0.2) is 109 Å². The predicted molar refractivity (Wildman–Crippen MR) is 283 cm³/mol. The van der Waals surface area contributed by atoms with Crippen molar-refractivity contribution in [1.29, 1.82) is 0 Å². The number of carboxylic acids is 2. The summed E-state index contributed by atoms with van der Waals surface area (Å²) in [6.07, 6.45) is 9.93. The number of ether oxygens (including phenoxy) is 5. The number of hydrogen-bond acceptors (Lipinski definition) is 14. The number of carbonyl (C=O) groups excluding carboxylic acids is 5. The van der Waals surface area contributed by atoms with E-state index in [0.717, 1.165) is 31.3 Å². The van der Waals surface area contributed by atoms with Gasteiger partial charge in [-0.05, 0) is 125 Å². The van der Waals surface area contributed by atoms with Crippen LogP contribution < -0.4 is 9.47 Å². The minimum atomic E-state index is -1.17. The van der Waals surface area contributed by atoms with Gasteiger partial charge in [-0.3, -0.25) is 38.5 Å². The molecule has 0 aromatic heterocycles. The monoisotopic (exact) mass is 1070 g/mol. The van der Waals surface area contributed by atoms with Crippen LogP contribution >= 0.6 is 0 Å². The summed E-state index contributed by atoms with van der Waals surface area (Å²) in [5, 5.41) is 41.2. The average molecular weight is 1070 g/mol. The first kappa shape index (κ1) is 59.1. The van der Waals surface area contributed by atoms with E-state index in [4.69, 9.17) is 23.7 Å². The summed E-state index contributed by atoms with van der Waals surface area (Å²) in [7, 11) is 0. The third-order valence-corrected chi connectivity index (χ3v) is 14.9. The zero-order chi connectivity index (χ0) is 56.4. The van der Waals surface area contributed by atoms with Crippen molar-refractivity contribution in [3.05, 3.63) is 92.1 Å². The minimum absolute atomic E-state index is 0.0177. The maximum Gasteiger partial charge on any atom is 0.306 e. The molecule has 0 fully saturated rings. The van der Waals surface area contributed by atoms with Crippen molar-refractivity contribution >= 4 is 42.2 Å². The molecule has 2 aromatic rings. The Morgan fingerprint density at radius 3 is 1.55 bits per heavy atom. The molecule has 18 nitrogen and oxygen atoms in total. The van der Waals surface area contributed by atoms with E-state index in [1.54, 1.807) is 11.8 Å². The van der Waals surface area contributed by atoms with Crippen LogP contribution in [-0.2, 0) is 64.1 Å². The smallest absolute Gasteiger partial charge is 0.306 e. The van der Waals surface area contributed by atoms with Gasteiger partial charge in [-0.25, -0.2) is 0 Å². The molecule has 0 unspecified atom stereocenters. The van der Waals surface area contributed by atoms with E-state index in [1.165, 1.54) is 33.8 Å². The topological polar surface area (TPSA) is 253 Å². The number of phenolic OH excluding ortho intramolecular Hbond substituents is 2. The molecule has 4 aliphatic heterocycles. The number of nitrogens with zero attached hydrogens (tertiary/aromatic N) is 2. The summed E-state index contributed by atoms with van der Waals surface area (Å²) in [6.45, 7) is 16.3. The number of aliphatic carboxylic acids is 2. The maximum atomic E-state index is 14.2. The van der Waals surface area contributed by atoms with E-state index < -0.39 is 72.3 Å². The van der Waals surface area contributed by atoms with Gasteiger partial charge in [0.2, 0.25) is 0 Å². The molecule has 0 spiro atoms. The first-order valence-electron chi connectivity index (χ1n) is 26.7. The molecule has 2 aromatic carbocycles. The fraction of sp³-hybridized carbons (Fsp3) is 0.542. The van der Waals surface area contributed by atoms with Crippen LogP contribution in [0, 0.1) is 0 Å². The summed E-state index contributed by atoms with van der Waals surface area (Å²) in [5.41, 5.74) is 4.53. The van der Waals surface area contributed by atoms with Crippen LogP contribution in [0.2, 0.25) is 0 Å². The molecule has 5 atom stereocenters. The highest BCUT2D eigenvalue weighted by atomic mass is 16.6. The number of allylic oxidation sites excluding steroid dienone is 8.